The van der Waals surface area contributed by atoms with Gasteiger partial charge in [0, 0.05) is 18.3 Å². The molecule has 5 nitrogen and oxygen atoms in total. The van der Waals surface area contributed by atoms with Gasteiger partial charge >= 0.3 is 0 Å². The molecule has 1 saturated heterocycles. The number of piperidine rings is 1. The molecule has 1 saturated carbocycles. The van der Waals surface area contributed by atoms with E-state index < -0.39 is 5.54 Å². The largest absolute Gasteiger partial charge is 0.345 e. The second-order valence-electron chi connectivity index (χ2n) is 6.72. The Labute approximate surface area is 123 Å². The predicted octanol–water partition coefficient (Wildman–Crippen LogP) is 1.15. The van der Waals surface area contributed by atoms with Gasteiger partial charge in [-0.1, -0.05) is 6.07 Å². The Hall–Kier alpha value is -1.88. The van der Waals surface area contributed by atoms with E-state index in [-0.39, 0.29) is 11.8 Å². The molecule has 4 rings (SSSR count). The van der Waals surface area contributed by atoms with Crippen molar-refractivity contribution in [2.75, 3.05) is 13.1 Å². The Morgan fingerprint density at radius 3 is 2.86 bits per heavy atom. The summed E-state index contributed by atoms with van der Waals surface area (Å²) in [6.45, 7) is 6.00. The maximum Gasteiger partial charge on any atom is 0.224 e. The number of amides is 1. The van der Waals surface area contributed by atoms with Gasteiger partial charge in [0.15, 0.2) is 0 Å². The van der Waals surface area contributed by atoms with Crippen molar-refractivity contribution in [3.63, 3.8) is 0 Å². The van der Waals surface area contributed by atoms with Gasteiger partial charge in [-0.3, -0.25) is 4.79 Å². The first kappa shape index (κ1) is 12.8. The van der Waals surface area contributed by atoms with Gasteiger partial charge in [-0.2, -0.15) is 0 Å². The molecule has 2 aliphatic rings. The summed E-state index contributed by atoms with van der Waals surface area (Å²) in [6.07, 6.45) is 3.96. The molecule has 1 amide bonds. The Balaban J connectivity index is 1.54. The molecule has 110 valence electrons. The third-order valence-corrected chi connectivity index (χ3v) is 4.83. The molecule has 1 aliphatic heterocycles. The zero-order chi connectivity index (χ0) is 14.6. The number of pyridine rings is 1. The van der Waals surface area contributed by atoms with Crippen LogP contribution in [0.3, 0.4) is 0 Å². The number of carbonyl (C=O) groups excluding carboxylic acids is 1. The second-order valence-corrected chi connectivity index (χ2v) is 6.72. The van der Waals surface area contributed by atoms with E-state index in [1.807, 2.05) is 48.8 Å². The maximum absolute atomic E-state index is 12.4. The van der Waals surface area contributed by atoms with Crippen LogP contribution in [0.4, 0.5) is 0 Å². The molecule has 1 aliphatic carbocycles. The van der Waals surface area contributed by atoms with Crippen LogP contribution in [0, 0.1) is 17.8 Å². The number of aromatic nitrogens is 2. The van der Waals surface area contributed by atoms with Gasteiger partial charge in [0.2, 0.25) is 5.91 Å². The van der Waals surface area contributed by atoms with Crippen LogP contribution in [0.25, 0.3) is 5.65 Å². The summed E-state index contributed by atoms with van der Waals surface area (Å²) in [6, 6.07) is 5.91. The van der Waals surface area contributed by atoms with Gasteiger partial charge in [0.05, 0.1) is 11.2 Å². The Morgan fingerprint density at radius 2 is 2.14 bits per heavy atom. The van der Waals surface area contributed by atoms with E-state index in [9.17, 15) is 4.79 Å². The van der Waals surface area contributed by atoms with Crippen molar-refractivity contribution in [1.29, 1.82) is 0 Å². The SMILES string of the molecule is CC(C)(NC(=O)C1C2CNCC21)c1cn2ccccc2n1. The summed E-state index contributed by atoms with van der Waals surface area (Å²) in [5.41, 5.74) is 1.35. The number of hydrogen-bond acceptors (Lipinski definition) is 3. The highest BCUT2D eigenvalue weighted by atomic mass is 16.2. The number of carbonyl (C=O) groups is 1. The molecule has 5 heteroatoms. The van der Waals surface area contributed by atoms with Crippen molar-refractivity contribution in [3.05, 3.63) is 36.3 Å². The molecular formula is C16H20N4O. The summed E-state index contributed by atoms with van der Waals surface area (Å²) >= 11 is 0. The number of imidazole rings is 1. The average molecular weight is 284 g/mol. The lowest BCUT2D eigenvalue weighted by Gasteiger charge is -2.24. The topological polar surface area (TPSA) is 58.4 Å². The summed E-state index contributed by atoms with van der Waals surface area (Å²) in [7, 11) is 0. The highest BCUT2D eigenvalue weighted by Gasteiger charge is 2.57. The van der Waals surface area contributed by atoms with Crippen LogP contribution >= 0.6 is 0 Å². The molecule has 0 radical (unpaired) electrons. The summed E-state index contributed by atoms with van der Waals surface area (Å²) in [5.74, 6) is 1.46. The molecule has 3 heterocycles. The van der Waals surface area contributed by atoms with Gasteiger partial charge in [-0.15, -0.1) is 0 Å². The lowest BCUT2D eigenvalue weighted by atomic mass is 10.0. The average Bonchev–Trinajstić information content (AvgIpc) is 2.82. The molecule has 2 N–H and O–H groups in total. The number of fused-ring (bicyclic) bond motifs is 2. The van der Waals surface area contributed by atoms with E-state index in [0.717, 1.165) is 24.4 Å². The minimum Gasteiger partial charge on any atom is -0.345 e. The summed E-state index contributed by atoms with van der Waals surface area (Å²) in [5, 5.41) is 6.50. The maximum atomic E-state index is 12.4. The van der Waals surface area contributed by atoms with Crippen LogP contribution in [0.15, 0.2) is 30.6 Å². The summed E-state index contributed by atoms with van der Waals surface area (Å²) in [4.78, 5) is 17.1. The van der Waals surface area contributed by atoms with Crippen molar-refractivity contribution in [2.24, 2.45) is 17.8 Å². The molecular weight excluding hydrogens is 264 g/mol. The van der Waals surface area contributed by atoms with E-state index in [1.165, 1.54) is 0 Å². The quantitative estimate of drug-likeness (QED) is 0.889. The molecule has 2 aromatic heterocycles. The van der Waals surface area contributed by atoms with E-state index in [4.69, 9.17) is 0 Å². The van der Waals surface area contributed by atoms with Crippen LogP contribution in [0.1, 0.15) is 19.5 Å². The van der Waals surface area contributed by atoms with E-state index >= 15 is 0 Å². The van der Waals surface area contributed by atoms with Gasteiger partial charge in [0.25, 0.3) is 0 Å². The molecule has 0 spiro atoms. The Kier molecular flexibility index (Phi) is 2.63. The van der Waals surface area contributed by atoms with Gasteiger partial charge in [0.1, 0.15) is 5.65 Å². The van der Waals surface area contributed by atoms with Crippen molar-refractivity contribution >= 4 is 11.6 Å². The van der Waals surface area contributed by atoms with Crippen molar-refractivity contribution < 1.29 is 4.79 Å². The van der Waals surface area contributed by atoms with Crippen molar-refractivity contribution in [2.45, 2.75) is 19.4 Å². The molecule has 2 unspecified atom stereocenters. The van der Waals surface area contributed by atoms with Crippen molar-refractivity contribution in [1.82, 2.24) is 20.0 Å². The third kappa shape index (κ3) is 2.03. The third-order valence-electron chi connectivity index (χ3n) is 4.83. The fraction of sp³-hybridized carbons (Fsp3) is 0.500. The number of nitrogens with one attached hydrogen (secondary N) is 2. The number of nitrogens with zero attached hydrogens (tertiary/aromatic N) is 2. The summed E-state index contributed by atoms with van der Waals surface area (Å²) < 4.78 is 1.99. The zero-order valence-electron chi connectivity index (χ0n) is 12.3. The molecule has 21 heavy (non-hydrogen) atoms. The Bertz CT molecular complexity index is 662. The first-order valence-electron chi connectivity index (χ1n) is 7.53. The molecule has 0 aromatic carbocycles. The van der Waals surface area contributed by atoms with E-state index in [2.05, 4.69) is 15.6 Å². The van der Waals surface area contributed by atoms with Crippen LogP contribution in [0.2, 0.25) is 0 Å². The second kappa shape index (κ2) is 4.31. The number of rotatable bonds is 3. The lowest BCUT2D eigenvalue weighted by Crippen LogP contribution is -2.43. The Morgan fingerprint density at radius 1 is 1.38 bits per heavy atom. The smallest absolute Gasteiger partial charge is 0.224 e. The van der Waals surface area contributed by atoms with E-state index in [0.29, 0.717) is 11.8 Å². The van der Waals surface area contributed by atoms with E-state index in [1.54, 1.807) is 0 Å². The van der Waals surface area contributed by atoms with Crippen LogP contribution in [0.5, 0.6) is 0 Å². The fourth-order valence-electron chi connectivity index (χ4n) is 3.50. The minimum atomic E-state index is -0.451. The molecule has 2 fully saturated rings. The zero-order valence-corrected chi connectivity index (χ0v) is 12.3. The van der Waals surface area contributed by atoms with Crippen LogP contribution in [-0.4, -0.2) is 28.4 Å². The van der Waals surface area contributed by atoms with Crippen LogP contribution in [-0.2, 0) is 10.3 Å². The lowest BCUT2D eigenvalue weighted by molar-refractivity contribution is -0.124. The first-order valence-corrected chi connectivity index (χ1v) is 7.53. The molecule has 0 bridgehead atoms. The highest BCUT2D eigenvalue weighted by molar-refractivity contribution is 5.83. The van der Waals surface area contributed by atoms with Crippen molar-refractivity contribution in [3.8, 4) is 0 Å². The van der Waals surface area contributed by atoms with Gasteiger partial charge < -0.3 is 15.0 Å². The number of hydrogen-bond donors (Lipinski definition) is 2. The monoisotopic (exact) mass is 284 g/mol. The van der Waals surface area contributed by atoms with Gasteiger partial charge in [-0.25, -0.2) is 4.98 Å². The normalized spacial score (nSPS) is 27.6. The first-order chi connectivity index (χ1) is 10.1. The predicted molar refractivity (Wildman–Crippen MR) is 79.7 cm³/mol. The minimum absolute atomic E-state index is 0.175. The van der Waals surface area contributed by atoms with Gasteiger partial charge in [-0.05, 0) is 50.9 Å². The van der Waals surface area contributed by atoms with Crippen LogP contribution < -0.4 is 10.6 Å². The standard InChI is InChI=1S/C16H20N4O/c1-16(2,12-9-20-6-4-3-5-13(20)18-12)19-15(21)14-10-7-17-8-11(10)14/h3-6,9-11,14,17H,7-8H2,1-2H3,(H,19,21). The molecule has 2 aromatic rings. The molecule has 2 atom stereocenters. The fourth-order valence-corrected chi connectivity index (χ4v) is 3.50. The highest BCUT2D eigenvalue weighted by Crippen LogP contribution is 2.49.